The SMILES string of the molecule is CC(=O)NN1C(=O)C2=C(Cc3ccc(OC(F)(F)F)cc3S2)CC1c1ccccn1. The minimum atomic E-state index is -4.79. The number of nitrogens with zero attached hydrogens (tertiary/aromatic N) is 2. The van der Waals surface area contributed by atoms with Crippen molar-refractivity contribution in [2.75, 3.05) is 0 Å². The third kappa shape index (κ3) is 4.13. The lowest BCUT2D eigenvalue weighted by Crippen LogP contribution is -2.50. The summed E-state index contributed by atoms with van der Waals surface area (Å²) in [4.78, 5) is 30.1. The fourth-order valence-corrected chi connectivity index (χ4v) is 4.66. The first-order chi connectivity index (χ1) is 14.2. The van der Waals surface area contributed by atoms with Crippen LogP contribution in [0, 0.1) is 0 Å². The summed E-state index contributed by atoms with van der Waals surface area (Å²) in [5, 5.41) is 1.25. The molecule has 0 saturated carbocycles. The van der Waals surface area contributed by atoms with E-state index in [0.29, 0.717) is 28.3 Å². The van der Waals surface area contributed by atoms with E-state index < -0.39 is 24.2 Å². The molecule has 0 fully saturated rings. The number of amides is 2. The maximum absolute atomic E-state index is 13.2. The molecule has 1 atom stereocenters. The lowest BCUT2D eigenvalue weighted by Gasteiger charge is -2.38. The summed E-state index contributed by atoms with van der Waals surface area (Å²) in [6.45, 7) is 1.30. The van der Waals surface area contributed by atoms with Gasteiger partial charge < -0.3 is 4.74 Å². The molecule has 2 aliphatic heterocycles. The van der Waals surface area contributed by atoms with Crippen molar-refractivity contribution < 1.29 is 27.5 Å². The molecule has 1 N–H and O–H groups in total. The summed E-state index contributed by atoms with van der Waals surface area (Å²) in [6.07, 6.45) is -2.31. The van der Waals surface area contributed by atoms with Gasteiger partial charge in [0.25, 0.3) is 5.91 Å². The van der Waals surface area contributed by atoms with Gasteiger partial charge in [-0.2, -0.15) is 0 Å². The lowest BCUT2D eigenvalue weighted by molar-refractivity contribution is -0.274. The molecule has 2 amide bonds. The van der Waals surface area contributed by atoms with Gasteiger partial charge in [0.15, 0.2) is 0 Å². The number of alkyl halides is 3. The molecule has 0 spiro atoms. The van der Waals surface area contributed by atoms with Crippen LogP contribution in [0.2, 0.25) is 0 Å². The first-order valence-corrected chi connectivity index (χ1v) is 9.83. The highest BCUT2D eigenvalue weighted by Gasteiger charge is 2.39. The van der Waals surface area contributed by atoms with Crippen molar-refractivity contribution in [1.29, 1.82) is 0 Å². The number of carbonyl (C=O) groups excluding carboxylic acids is 2. The second kappa shape index (κ2) is 7.67. The first kappa shape index (κ1) is 20.3. The molecular weight excluding hydrogens is 419 g/mol. The van der Waals surface area contributed by atoms with Crippen molar-refractivity contribution in [2.45, 2.75) is 37.1 Å². The van der Waals surface area contributed by atoms with Crippen LogP contribution in [0.25, 0.3) is 0 Å². The predicted octanol–water partition coefficient (Wildman–Crippen LogP) is 3.91. The molecule has 0 saturated heterocycles. The van der Waals surface area contributed by atoms with Crippen LogP contribution in [0.15, 0.2) is 58.0 Å². The van der Waals surface area contributed by atoms with Crippen LogP contribution in [0.5, 0.6) is 5.75 Å². The van der Waals surface area contributed by atoms with E-state index in [1.165, 1.54) is 24.1 Å². The van der Waals surface area contributed by atoms with Gasteiger partial charge in [-0.3, -0.25) is 20.0 Å². The van der Waals surface area contributed by atoms with E-state index in [4.69, 9.17) is 0 Å². The zero-order chi connectivity index (χ0) is 21.5. The van der Waals surface area contributed by atoms with Gasteiger partial charge in [0.2, 0.25) is 5.91 Å². The lowest BCUT2D eigenvalue weighted by atomic mass is 9.92. The number of rotatable bonds is 3. The Bertz CT molecular complexity index is 1040. The highest BCUT2D eigenvalue weighted by Crippen LogP contribution is 2.47. The molecule has 1 aromatic heterocycles. The fraction of sp³-hybridized carbons (Fsp3) is 0.250. The molecule has 1 unspecified atom stereocenters. The van der Waals surface area contributed by atoms with Crippen molar-refractivity contribution in [3.05, 3.63) is 64.3 Å². The van der Waals surface area contributed by atoms with Crippen LogP contribution >= 0.6 is 11.8 Å². The van der Waals surface area contributed by atoms with Gasteiger partial charge in [-0.25, -0.2) is 5.01 Å². The van der Waals surface area contributed by atoms with E-state index in [9.17, 15) is 22.8 Å². The topological polar surface area (TPSA) is 71.5 Å². The molecule has 10 heteroatoms. The Balaban J connectivity index is 1.67. The second-order valence-electron chi connectivity index (χ2n) is 6.85. The number of benzene rings is 1. The minimum absolute atomic E-state index is 0.342. The number of thioether (sulfide) groups is 1. The fourth-order valence-electron chi connectivity index (χ4n) is 3.51. The van der Waals surface area contributed by atoms with E-state index in [1.54, 1.807) is 30.5 Å². The number of hydrogen-bond donors (Lipinski definition) is 1. The Morgan fingerprint density at radius 1 is 1.30 bits per heavy atom. The largest absolute Gasteiger partial charge is 0.573 e. The highest BCUT2D eigenvalue weighted by molar-refractivity contribution is 8.04. The van der Waals surface area contributed by atoms with Crippen LogP contribution < -0.4 is 10.2 Å². The van der Waals surface area contributed by atoms with Gasteiger partial charge in [0, 0.05) is 18.0 Å². The smallest absolute Gasteiger partial charge is 0.406 e. The number of hydrogen-bond acceptors (Lipinski definition) is 5. The predicted molar refractivity (Wildman–Crippen MR) is 102 cm³/mol. The Morgan fingerprint density at radius 2 is 2.10 bits per heavy atom. The van der Waals surface area contributed by atoms with Crippen LogP contribution in [0.3, 0.4) is 0 Å². The first-order valence-electron chi connectivity index (χ1n) is 9.01. The number of hydrazine groups is 1. The molecule has 1 aromatic carbocycles. The number of fused-ring (bicyclic) bond motifs is 1. The third-order valence-electron chi connectivity index (χ3n) is 4.68. The van der Waals surface area contributed by atoms with E-state index in [0.717, 1.165) is 22.9 Å². The summed E-state index contributed by atoms with van der Waals surface area (Å²) in [6, 6.07) is 8.99. The Labute approximate surface area is 174 Å². The standard InChI is InChI=1S/C20H16F3N3O3S/c1-11(27)25-26-16(15-4-2-3-7-24-15)9-13-8-12-5-6-14(29-20(21,22)23)10-17(12)30-18(13)19(26)28/h2-7,10,16H,8-9H2,1H3,(H,25,27). The molecule has 3 heterocycles. The van der Waals surface area contributed by atoms with Crippen LogP contribution in [0.1, 0.15) is 30.6 Å². The summed E-state index contributed by atoms with van der Waals surface area (Å²) in [5.41, 5.74) is 4.87. The van der Waals surface area contributed by atoms with E-state index in [-0.39, 0.29) is 5.75 Å². The van der Waals surface area contributed by atoms with Crippen molar-refractivity contribution in [3.63, 3.8) is 0 Å². The van der Waals surface area contributed by atoms with Gasteiger partial charge >= 0.3 is 6.36 Å². The van der Waals surface area contributed by atoms with Crippen LogP contribution in [-0.4, -0.2) is 28.2 Å². The molecule has 2 aromatic rings. The minimum Gasteiger partial charge on any atom is -0.406 e. The van der Waals surface area contributed by atoms with Crippen LogP contribution in [-0.2, 0) is 16.0 Å². The summed E-state index contributed by atoms with van der Waals surface area (Å²) >= 11 is 1.09. The average molecular weight is 435 g/mol. The van der Waals surface area contributed by atoms with Gasteiger partial charge in [-0.1, -0.05) is 23.9 Å². The third-order valence-corrected chi connectivity index (χ3v) is 5.95. The van der Waals surface area contributed by atoms with Crippen molar-refractivity contribution >= 4 is 23.6 Å². The zero-order valence-electron chi connectivity index (χ0n) is 15.7. The van der Waals surface area contributed by atoms with Gasteiger partial charge in [-0.15, -0.1) is 13.2 Å². The molecule has 0 aliphatic carbocycles. The Kier molecular flexibility index (Phi) is 5.19. The molecule has 0 radical (unpaired) electrons. The van der Waals surface area contributed by atoms with E-state index in [2.05, 4.69) is 15.1 Å². The maximum atomic E-state index is 13.2. The second-order valence-corrected chi connectivity index (χ2v) is 7.90. The number of halogens is 3. The van der Waals surface area contributed by atoms with Gasteiger partial charge in [0.1, 0.15) is 5.75 Å². The van der Waals surface area contributed by atoms with E-state index in [1.807, 2.05) is 0 Å². The zero-order valence-corrected chi connectivity index (χ0v) is 16.5. The van der Waals surface area contributed by atoms with Gasteiger partial charge in [-0.05, 0) is 48.2 Å². The number of nitrogens with one attached hydrogen (secondary N) is 1. The molecule has 4 rings (SSSR count). The summed E-state index contributed by atoms with van der Waals surface area (Å²) in [7, 11) is 0. The van der Waals surface area contributed by atoms with Crippen molar-refractivity contribution in [2.24, 2.45) is 0 Å². The number of aromatic nitrogens is 1. The van der Waals surface area contributed by atoms with Crippen molar-refractivity contribution in [1.82, 2.24) is 15.4 Å². The Hall–Kier alpha value is -3.01. The molecule has 6 nitrogen and oxygen atoms in total. The molecule has 156 valence electrons. The number of pyridine rings is 1. The van der Waals surface area contributed by atoms with E-state index >= 15 is 0 Å². The summed E-state index contributed by atoms with van der Waals surface area (Å²) < 4.78 is 41.6. The van der Waals surface area contributed by atoms with Crippen LogP contribution in [0.4, 0.5) is 13.2 Å². The highest BCUT2D eigenvalue weighted by atomic mass is 32.2. The molecule has 2 aliphatic rings. The summed E-state index contributed by atoms with van der Waals surface area (Å²) in [5.74, 6) is -1.17. The molecule has 30 heavy (non-hydrogen) atoms. The molecular formula is C20H16F3N3O3S. The molecule has 0 bridgehead atoms. The number of ether oxygens (including phenoxy) is 1. The number of carbonyl (C=O) groups is 2. The average Bonchev–Trinajstić information content (AvgIpc) is 2.68. The Morgan fingerprint density at radius 3 is 2.77 bits per heavy atom. The normalized spacial score (nSPS) is 18.6. The quantitative estimate of drug-likeness (QED) is 0.792. The van der Waals surface area contributed by atoms with Gasteiger partial charge in [0.05, 0.1) is 16.6 Å². The van der Waals surface area contributed by atoms with Crippen molar-refractivity contribution in [3.8, 4) is 5.75 Å². The monoisotopic (exact) mass is 435 g/mol. The maximum Gasteiger partial charge on any atom is 0.573 e.